The Balaban J connectivity index is 1.62. The molecule has 1 aromatic carbocycles. The molecule has 3 rings (SSSR count). The second-order valence-electron chi connectivity index (χ2n) is 5.05. The largest absolute Gasteiger partial charge is 0.306 e. The summed E-state index contributed by atoms with van der Waals surface area (Å²) < 4.78 is 0. The predicted molar refractivity (Wildman–Crippen MR) is 76.0 cm³/mol. The highest BCUT2D eigenvalue weighted by atomic mass is 32.1. The molecule has 0 bridgehead atoms. The zero-order chi connectivity index (χ0) is 12.5. The number of nitrogens with one attached hydrogen (secondary N) is 1. The fourth-order valence-electron chi connectivity index (χ4n) is 2.57. The van der Waals surface area contributed by atoms with Crippen LogP contribution in [-0.4, -0.2) is 11.0 Å². The zero-order valence-electron chi connectivity index (χ0n) is 10.8. The van der Waals surface area contributed by atoms with Gasteiger partial charge in [0, 0.05) is 22.9 Å². The van der Waals surface area contributed by atoms with Crippen LogP contribution in [0.25, 0.3) is 0 Å². The lowest BCUT2D eigenvalue weighted by atomic mass is 10.1. The molecule has 0 saturated heterocycles. The van der Waals surface area contributed by atoms with E-state index in [1.165, 1.54) is 16.9 Å². The van der Waals surface area contributed by atoms with Crippen LogP contribution >= 0.6 is 11.3 Å². The summed E-state index contributed by atoms with van der Waals surface area (Å²) in [6.45, 7) is 4.33. The Hall–Kier alpha value is -1.19. The van der Waals surface area contributed by atoms with E-state index in [2.05, 4.69) is 54.5 Å². The average molecular weight is 258 g/mol. The molecule has 18 heavy (non-hydrogen) atoms. The number of aromatic nitrogens is 1. The zero-order valence-corrected chi connectivity index (χ0v) is 11.6. The van der Waals surface area contributed by atoms with Crippen LogP contribution in [-0.2, 0) is 0 Å². The molecule has 1 N–H and O–H groups in total. The van der Waals surface area contributed by atoms with Crippen LogP contribution < -0.4 is 5.32 Å². The van der Waals surface area contributed by atoms with Crippen LogP contribution in [0, 0.1) is 6.92 Å². The van der Waals surface area contributed by atoms with Gasteiger partial charge in [0.05, 0.1) is 11.2 Å². The summed E-state index contributed by atoms with van der Waals surface area (Å²) in [5.41, 5.74) is 4.56. The Morgan fingerprint density at radius 1 is 1.33 bits per heavy atom. The fourth-order valence-corrected chi connectivity index (χ4v) is 3.39. The highest BCUT2D eigenvalue weighted by Gasteiger charge is 2.39. The molecule has 3 heteroatoms. The molecule has 3 unspecified atom stereocenters. The smallest absolute Gasteiger partial charge is 0.0798 e. The van der Waals surface area contributed by atoms with Gasteiger partial charge in [0.25, 0.3) is 0 Å². The summed E-state index contributed by atoms with van der Waals surface area (Å²) in [5.74, 6) is 0.696. The molecular weight excluding hydrogens is 240 g/mol. The number of hydrogen-bond donors (Lipinski definition) is 1. The molecule has 2 aromatic rings. The number of hydrogen-bond acceptors (Lipinski definition) is 3. The average Bonchev–Trinajstić information content (AvgIpc) is 3.01. The molecule has 0 aliphatic heterocycles. The third-order valence-corrected chi connectivity index (χ3v) is 4.77. The van der Waals surface area contributed by atoms with Gasteiger partial charge in [-0.15, -0.1) is 11.3 Å². The monoisotopic (exact) mass is 258 g/mol. The molecule has 94 valence electrons. The van der Waals surface area contributed by atoms with Gasteiger partial charge >= 0.3 is 0 Å². The lowest BCUT2D eigenvalue weighted by Gasteiger charge is -2.12. The lowest BCUT2D eigenvalue weighted by molar-refractivity contribution is 0.567. The van der Waals surface area contributed by atoms with Gasteiger partial charge in [-0.3, -0.25) is 0 Å². The van der Waals surface area contributed by atoms with Gasteiger partial charge in [-0.2, -0.15) is 0 Å². The summed E-state index contributed by atoms with van der Waals surface area (Å²) in [6.07, 6.45) is 1.26. The molecule has 1 saturated carbocycles. The summed E-state index contributed by atoms with van der Waals surface area (Å²) in [4.78, 5) is 5.69. The maximum Gasteiger partial charge on any atom is 0.0798 e. The molecule has 0 amide bonds. The topological polar surface area (TPSA) is 24.9 Å². The van der Waals surface area contributed by atoms with Crippen LogP contribution in [0.5, 0.6) is 0 Å². The van der Waals surface area contributed by atoms with Crippen molar-refractivity contribution in [2.45, 2.75) is 38.3 Å². The predicted octanol–water partition coefficient (Wildman–Crippen LogP) is 3.66. The fraction of sp³-hybridized carbons (Fsp3) is 0.400. The summed E-state index contributed by atoms with van der Waals surface area (Å²) in [5, 5.41) is 3.72. The molecule has 3 atom stereocenters. The molecular formula is C15H18N2S. The summed E-state index contributed by atoms with van der Waals surface area (Å²) >= 11 is 1.75. The molecule has 1 aliphatic rings. The first-order valence-electron chi connectivity index (χ1n) is 6.46. The maximum atomic E-state index is 4.32. The Labute approximate surface area is 112 Å². The van der Waals surface area contributed by atoms with Crippen molar-refractivity contribution in [3.05, 3.63) is 52.0 Å². The van der Waals surface area contributed by atoms with E-state index in [1.54, 1.807) is 11.3 Å². The van der Waals surface area contributed by atoms with Gasteiger partial charge in [-0.1, -0.05) is 30.3 Å². The van der Waals surface area contributed by atoms with Crippen LogP contribution in [0.3, 0.4) is 0 Å². The first-order chi connectivity index (χ1) is 8.75. The van der Waals surface area contributed by atoms with E-state index in [0.29, 0.717) is 18.0 Å². The number of rotatable bonds is 4. The van der Waals surface area contributed by atoms with Crippen LogP contribution in [0.2, 0.25) is 0 Å². The van der Waals surface area contributed by atoms with Crippen molar-refractivity contribution in [3.8, 4) is 0 Å². The first-order valence-corrected chi connectivity index (χ1v) is 7.34. The van der Waals surface area contributed by atoms with Crippen molar-refractivity contribution < 1.29 is 0 Å². The summed E-state index contributed by atoms with van der Waals surface area (Å²) in [6, 6.07) is 11.8. The molecule has 0 spiro atoms. The van der Waals surface area contributed by atoms with Gasteiger partial charge in [0.1, 0.15) is 0 Å². The highest BCUT2D eigenvalue weighted by Crippen LogP contribution is 2.42. The third-order valence-electron chi connectivity index (χ3n) is 3.66. The molecule has 1 aromatic heterocycles. The Bertz CT molecular complexity index is 520. The Morgan fingerprint density at radius 2 is 2.11 bits per heavy atom. The molecule has 0 radical (unpaired) electrons. The van der Waals surface area contributed by atoms with Crippen molar-refractivity contribution in [1.29, 1.82) is 0 Å². The normalized spacial score (nSPS) is 23.9. The molecule has 2 nitrogen and oxygen atoms in total. The van der Waals surface area contributed by atoms with E-state index in [4.69, 9.17) is 0 Å². The number of benzene rings is 1. The van der Waals surface area contributed by atoms with Crippen LogP contribution in [0.4, 0.5) is 0 Å². The molecule has 1 heterocycles. The second-order valence-corrected chi connectivity index (χ2v) is 5.94. The van der Waals surface area contributed by atoms with Crippen molar-refractivity contribution in [2.75, 3.05) is 0 Å². The second kappa shape index (κ2) is 4.82. The van der Waals surface area contributed by atoms with Crippen molar-refractivity contribution in [1.82, 2.24) is 10.3 Å². The minimum atomic E-state index is 0.413. The van der Waals surface area contributed by atoms with E-state index in [9.17, 15) is 0 Å². The minimum Gasteiger partial charge on any atom is -0.306 e. The summed E-state index contributed by atoms with van der Waals surface area (Å²) in [7, 11) is 0. The van der Waals surface area contributed by atoms with Crippen molar-refractivity contribution >= 4 is 11.3 Å². The van der Waals surface area contributed by atoms with E-state index in [1.807, 2.05) is 5.51 Å². The van der Waals surface area contributed by atoms with E-state index in [-0.39, 0.29) is 0 Å². The van der Waals surface area contributed by atoms with Crippen molar-refractivity contribution in [3.63, 3.8) is 0 Å². The number of aryl methyl sites for hydroxylation is 1. The van der Waals surface area contributed by atoms with Gasteiger partial charge in [0.15, 0.2) is 0 Å². The van der Waals surface area contributed by atoms with Gasteiger partial charge in [-0.05, 0) is 25.8 Å². The Morgan fingerprint density at radius 3 is 2.78 bits per heavy atom. The minimum absolute atomic E-state index is 0.413. The Kier molecular flexibility index (Phi) is 3.18. The van der Waals surface area contributed by atoms with E-state index < -0.39 is 0 Å². The number of thiazole rings is 1. The quantitative estimate of drug-likeness (QED) is 0.905. The van der Waals surface area contributed by atoms with Gasteiger partial charge < -0.3 is 5.32 Å². The van der Waals surface area contributed by atoms with Crippen LogP contribution in [0.15, 0.2) is 35.8 Å². The lowest BCUT2D eigenvalue weighted by Crippen LogP contribution is -2.21. The highest BCUT2D eigenvalue weighted by molar-refractivity contribution is 7.09. The van der Waals surface area contributed by atoms with Crippen LogP contribution in [0.1, 0.15) is 41.4 Å². The van der Waals surface area contributed by atoms with Gasteiger partial charge in [-0.25, -0.2) is 4.98 Å². The van der Waals surface area contributed by atoms with Crippen molar-refractivity contribution in [2.24, 2.45) is 0 Å². The third kappa shape index (κ3) is 2.33. The first kappa shape index (κ1) is 11.9. The number of nitrogens with zero attached hydrogens (tertiary/aromatic N) is 1. The maximum absolute atomic E-state index is 4.32. The van der Waals surface area contributed by atoms with Gasteiger partial charge in [0.2, 0.25) is 0 Å². The molecule has 1 fully saturated rings. The molecule has 1 aliphatic carbocycles. The van der Waals surface area contributed by atoms with E-state index in [0.717, 1.165) is 5.69 Å². The standard InChI is InChI=1S/C15H18N2S/c1-10-15(18-9-16-10)11(2)17-14-8-13(14)12-6-4-3-5-7-12/h3-7,9,11,13-14,17H,8H2,1-2H3. The SMILES string of the molecule is Cc1ncsc1C(C)NC1CC1c1ccccc1. The van der Waals surface area contributed by atoms with E-state index >= 15 is 0 Å².